The van der Waals surface area contributed by atoms with Gasteiger partial charge >= 0.3 is 0 Å². The summed E-state index contributed by atoms with van der Waals surface area (Å²) in [4.78, 5) is 0. The molecule has 4 nitrogen and oxygen atoms in total. The van der Waals surface area contributed by atoms with Crippen LogP contribution in [0.1, 0.15) is 72.6 Å². The largest absolute Gasteiger partial charge is 0.438 e. The molecule has 0 radical (unpaired) electrons. The van der Waals surface area contributed by atoms with Gasteiger partial charge in [0.05, 0.1) is 22.6 Å². The fourth-order valence-corrected chi connectivity index (χ4v) is 10.9. The Kier molecular flexibility index (Phi) is 9.94. The second-order valence-electron chi connectivity index (χ2n) is 11.3. The average molecular weight is 623 g/mol. The van der Waals surface area contributed by atoms with Gasteiger partial charge in [-0.05, 0) is 62.1 Å². The average Bonchev–Trinajstić information content (AvgIpc) is 3.09. The molecule has 4 unspecified atom stereocenters. The highest BCUT2D eigenvalue weighted by molar-refractivity contribution is 7.60. The molecule has 0 aliphatic carbocycles. The van der Waals surface area contributed by atoms with Crippen molar-refractivity contribution < 1.29 is 18.2 Å². The van der Waals surface area contributed by atoms with Crippen LogP contribution in [0.4, 0.5) is 0 Å². The lowest BCUT2D eigenvalue weighted by Gasteiger charge is -2.34. The van der Waals surface area contributed by atoms with Crippen molar-refractivity contribution in [3.05, 3.63) is 168 Å². The van der Waals surface area contributed by atoms with Gasteiger partial charge in [-0.25, -0.2) is 0 Å². The monoisotopic (exact) mass is 622 g/mol. The Bertz CT molecular complexity index is 1500. The van der Waals surface area contributed by atoms with E-state index in [9.17, 15) is 0 Å². The van der Waals surface area contributed by atoms with Crippen molar-refractivity contribution in [3.63, 3.8) is 0 Å². The van der Waals surface area contributed by atoms with E-state index in [-0.39, 0.29) is 0 Å². The van der Waals surface area contributed by atoms with E-state index < -0.39 is 37.4 Å². The smallest absolute Gasteiger partial charge is 0.261 e. The molecule has 5 rings (SSSR count). The van der Waals surface area contributed by atoms with E-state index in [0.717, 1.165) is 22.3 Å². The van der Waals surface area contributed by atoms with Gasteiger partial charge in [-0.1, -0.05) is 133 Å². The summed E-state index contributed by atoms with van der Waals surface area (Å²) in [6.45, 7) is 7.83. The third kappa shape index (κ3) is 6.63. The first-order valence-corrected chi connectivity index (χ1v) is 18.6. The van der Waals surface area contributed by atoms with E-state index in [1.807, 2.05) is 161 Å². The summed E-state index contributed by atoms with van der Waals surface area (Å²) in [5, 5.41) is 0. The predicted octanol–water partition coefficient (Wildman–Crippen LogP) is 12.0. The van der Waals surface area contributed by atoms with Crippen LogP contribution in [0.3, 0.4) is 0 Å². The third-order valence-corrected chi connectivity index (χ3v) is 15.1. The van der Waals surface area contributed by atoms with E-state index in [1.54, 1.807) is 12.1 Å². The first kappa shape index (κ1) is 31.6. The molecule has 0 fully saturated rings. The van der Waals surface area contributed by atoms with Gasteiger partial charge in [-0.3, -0.25) is 9.13 Å². The summed E-state index contributed by atoms with van der Waals surface area (Å²) in [6, 6.07) is 46.5. The molecule has 226 valence electrons. The summed E-state index contributed by atoms with van der Waals surface area (Å²) >= 11 is 0. The molecule has 5 aromatic rings. The second-order valence-corrected chi connectivity index (χ2v) is 17.3. The quantitative estimate of drug-likeness (QED) is 0.130. The van der Waals surface area contributed by atoms with Crippen molar-refractivity contribution in [3.8, 4) is 11.5 Å². The van der Waals surface area contributed by atoms with Gasteiger partial charge in [0, 0.05) is 0 Å². The van der Waals surface area contributed by atoms with E-state index in [4.69, 9.17) is 9.05 Å². The summed E-state index contributed by atoms with van der Waals surface area (Å²) in [5.41, 5.74) is 2.07. The molecular weight excluding hydrogens is 582 g/mol. The van der Waals surface area contributed by atoms with Crippen LogP contribution in [0.15, 0.2) is 146 Å². The molecule has 0 saturated heterocycles. The zero-order chi connectivity index (χ0) is 31.2. The Morgan fingerprint density at radius 3 is 0.795 bits per heavy atom. The van der Waals surface area contributed by atoms with Crippen molar-refractivity contribution >= 4 is 14.7 Å². The lowest BCUT2D eigenvalue weighted by atomic mass is 10.2. The van der Waals surface area contributed by atoms with E-state index in [0.29, 0.717) is 11.5 Å². The highest BCUT2D eigenvalue weighted by Crippen LogP contribution is 2.72. The molecule has 6 heteroatoms. The van der Waals surface area contributed by atoms with Crippen LogP contribution in [0.5, 0.6) is 11.5 Å². The van der Waals surface area contributed by atoms with Crippen molar-refractivity contribution in [1.82, 2.24) is 0 Å². The van der Waals surface area contributed by atoms with Gasteiger partial charge in [0.1, 0.15) is 0 Å². The predicted molar refractivity (Wildman–Crippen MR) is 182 cm³/mol. The van der Waals surface area contributed by atoms with E-state index in [1.165, 1.54) is 0 Å². The molecule has 0 aromatic heterocycles. The van der Waals surface area contributed by atoms with Crippen molar-refractivity contribution in [2.75, 3.05) is 0 Å². The highest BCUT2D eigenvalue weighted by atomic mass is 31.2. The maximum Gasteiger partial charge on any atom is 0.261 e. The van der Waals surface area contributed by atoms with Gasteiger partial charge in [0.15, 0.2) is 11.5 Å². The minimum absolute atomic E-state index is 0.321. The zero-order valence-corrected chi connectivity index (χ0v) is 27.5. The Labute approximate surface area is 262 Å². The topological polar surface area (TPSA) is 52.6 Å². The number of benzene rings is 5. The third-order valence-electron chi connectivity index (χ3n) is 8.62. The fourth-order valence-electron chi connectivity index (χ4n) is 5.65. The van der Waals surface area contributed by atoms with Gasteiger partial charge < -0.3 is 9.05 Å². The molecule has 0 saturated carbocycles. The number of hydrogen-bond donors (Lipinski definition) is 0. The lowest BCUT2D eigenvalue weighted by molar-refractivity contribution is 0.426. The molecule has 0 heterocycles. The summed E-state index contributed by atoms with van der Waals surface area (Å²) in [7, 11) is -6.99. The Morgan fingerprint density at radius 2 is 0.568 bits per heavy atom. The van der Waals surface area contributed by atoms with Gasteiger partial charge in [0.2, 0.25) is 0 Å². The van der Waals surface area contributed by atoms with Crippen LogP contribution in [0, 0.1) is 0 Å². The second kappa shape index (κ2) is 13.9. The standard InChI is InChI=1S/C38H40O4P2/c1-29(33-19-9-5-10-20-33)43(39,30(2)34-21-11-6-12-22-34)41-37-27-17-18-28-38(37)42-44(40,31(3)35-23-13-7-14-24-35)32(4)36-25-15-8-16-26-36/h5-32H,1-4H3. The van der Waals surface area contributed by atoms with Crippen LogP contribution >= 0.6 is 14.7 Å². The molecule has 0 aliphatic rings. The van der Waals surface area contributed by atoms with Gasteiger partial charge in [0.25, 0.3) is 14.7 Å². The lowest BCUT2D eigenvalue weighted by Crippen LogP contribution is -2.11. The van der Waals surface area contributed by atoms with Crippen LogP contribution in [-0.2, 0) is 9.13 Å². The molecule has 0 N–H and O–H groups in total. The molecule has 0 amide bonds. The van der Waals surface area contributed by atoms with Crippen LogP contribution in [-0.4, -0.2) is 0 Å². The maximum atomic E-state index is 15.3. The molecule has 5 aromatic carbocycles. The zero-order valence-electron chi connectivity index (χ0n) is 25.7. The molecule has 4 atom stereocenters. The molecule has 44 heavy (non-hydrogen) atoms. The SMILES string of the molecule is CC(c1ccccc1)P(=O)(Oc1ccccc1OP(=O)(C(C)c1ccccc1)C(C)c1ccccc1)C(C)c1ccccc1. The molecular formula is C38H40O4P2. The minimum atomic E-state index is -3.49. The molecule has 0 spiro atoms. The summed E-state index contributed by atoms with van der Waals surface area (Å²) < 4.78 is 43.9. The van der Waals surface area contributed by atoms with Crippen molar-refractivity contribution in [1.29, 1.82) is 0 Å². The first-order chi connectivity index (χ1) is 21.2. The van der Waals surface area contributed by atoms with E-state index in [2.05, 4.69) is 0 Å². The molecule has 0 aliphatic heterocycles. The normalized spacial score (nSPS) is 16.8. The van der Waals surface area contributed by atoms with Crippen molar-refractivity contribution in [2.45, 2.75) is 50.3 Å². The number of rotatable bonds is 12. The summed E-state index contributed by atoms with van der Waals surface area (Å²) in [5.74, 6) is 0.643. The summed E-state index contributed by atoms with van der Waals surface area (Å²) in [6.07, 6.45) is 0. The Hall–Kier alpha value is -3.84. The number of para-hydroxylation sites is 2. The van der Waals surface area contributed by atoms with Gasteiger partial charge in [-0.2, -0.15) is 0 Å². The van der Waals surface area contributed by atoms with Crippen molar-refractivity contribution in [2.24, 2.45) is 0 Å². The maximum absolute atomic E-state index is 15.3. The minimum Gasteiger partial charge on any atom is -0.438 e. The number of hydrogen-bond acceptors (Lipinski definition) is 4. The van der Waals surface area contributed by atoms with Crippen LogP contribution in [0.2, 0.25) is 0 Å². The fraction of sp³-hybridized carbons (Fsp3) is 0.211. The van der Waals surface area contributed by atoms with Crippen LogP contribution in [0.25, 0.3) is 0 Å². The first-order valence-electron chi connectivity index (χ1n) is 15.1. The van der Waals surface area contributed by atoms with Crippen LogP contribution < -0.4 is 9.05 Å². The Balaban J connectivity index is 1.58. The van der Waals surface area contributed by atoms with Gasteiger partial charge in [-0.15, -0.1) is 0 Å². The highest BCUT2D eigenvalue weighted by Gasteiger charge is 2.43. The Morgan fingerprint density at radius 1 is 0.364 bits per heavy atom. The van der Waals surface area contributed by atoms with E-state index >= 15 is 9.13 Å². The molecule has 0 bridgehead atoms.